The van der Waals surface area contributed by atoms with Gasteiger partial charge in [-0.3, -0.25) is 0 Å². The van der Waals surface area contributed by atoms with Crippen molar-refractivity contribution in [2.75, 3.05) is 5.32 Å². The van der Waals surface area contributed by atoms with E-state index in [1.54, 1.807) is 0 Å². The molecule has 19 heavy (non-hydrogen) atoms. The van der Waals surface area contributed by atoms with Crippen molar-refractivity contribution in [1.29, 1.82) is 0 Å². The third kappa shape index (κ3) is 4.20. The minimum Gasteiger partial charge on any atom is -0.380 e. The summed E-state index contributed by atoms with van der Waals surface area (Å²) in [7, 11) is 0. The molecule has 2 rings (SSSR count). The van der Waals surface area contributed by atoms with E-state index in [1.165, 1.54) is 32.1 Å². The van der Waals surface area contributed by atoms with Gasteiger partial charge in [-0.1, -0.05) is 27.2 Å². The van der Waals surface area contributed by atoms with E-state index in [2.05, 4.69) is 53.1 Å². The van der Waals surface area contributed by atoms with E-state index in [-0.39, 0.29) is 0 Å². The average molecular weight is 325 g/mol. The molecule has 0 spiro atoms. The second-order valence-corrected chi connectivity index (χ2v) is 7.51. The third-order valence-electron chi connectivity index (χ3n) is 4.31. The summed E-state index contributed by atoms with van der Waals surface area (Å²) in [5.41, 5.74) is 1.57. The smallest absolute Gasteiger partial charge is 0.129 e. The molecular formula is C16H25BrN2. The van der Waals surface area contributed by atoms with Gasteiger partial charge in [0, 0.05) is 12.2 Å². The first-order valence-corrected chi connectivity index (χ1v) is 8.13. The summed E-state index contributed by atoms with van der Waals surface area (Å²) < 4.78 is 0.923. The number of nitrogens with one attached hydrogen (secondary N) is 1. The Balaban J connectivity index is 1.95. The van der Waals surface area contributed by atoms with Gasteiger partial charge in [-0.05, 0) is 65.1 Å². The van der Waals surface area contributed by atoms with Crippen molar-refractivity contribution in [3.05, 3.63) is 22.9 Å². The maximum atomic E-state index is 4.28. The van der Waals surface area contributed by atoms with Crippen molar-refractivity contribution in [2.45, 2.75) is 58.9 Å². The normalized spacial score (nSPS) is 24.8. The standard InChI is InChI=1S/C16H25BrN2/c1-16(2,3)12-6-4-7-13(10-9-12)19-14-8-5-11-18-15(14)17/h5,8,11-13,19H,4,6-7,9-10H2,1-3H3. The summed E-state index contributed by atoms with van der Waals surface area (Å²) in [5.74, 6) is 0.858. The molecule has 1 aliphatic carbocycles. The van der Waals surface area contributed by atoms with Crippen LogP contribution in [0.2, 0.25) is 0 Å². The lowest BCUT2D eigenvalue weighted by atomic mass is 9.76. The Kier molecular flexibility index (Phi) is 4.88. The SMILES string of the molecule is CC(C)(C)C1CCCC(Nc2cccnc2Br)CC1. The van der Waals surface area contributed by atoms with Gasteiger partial charge in [0.1, 0.15) is 4.60 Å². The number of hydrogen-bond acceptors (Lipinski definition) is 2. The summed E-state index contributed by atoms with van der Waals surface area (Å²) >= 11 is 3.51. The molecular weight excluding hydrogens is 300 g/mol. The molecule has 0 amide bonds. The number of rotatable bonds is 2. The lowest BCUT2D eigenvalue weighted by Gasteiger charge is -2.29. The fourth-order valence-electron chi connectivity index (χ4n) is 3.03. The van der Waals surface area contributed by atoms with Crippen LogP contribution in [-0.4, -0.2) is 11.0 Å². The van der Waals surface area contributed by atoms with E-state index in [0.717, 1.165) is 16.2 Å². The second kappa shape index (κ2) is 6.25. The van der Waals surface area contributed by atoms with Crippen molar-refractivity contribution < 1.29 is 0 Å². The zero-order chi connectivity index (χ0) is 13.9. The third-order valence-corrected chi connectivity index (χ3v) is 4.94. The van der Waals surface area contributed by atoms with Crippen LogP contribution in [0.15, 0.2) is 22.9 Å². The number of halogens is 1. The predicted molar refractivity (Wildman–Crippen MR) is 85.4 cm³/mol. The summed E-state index contributed by atoms with van der Waals surface area (Å²) in [6.07, 6.45) is 8.39. The Hall–Kier alpha value is -0.570. The largest absolute Gasteiger partial charge is 0.380 e. The lowest BCUT2D eigenvalue weighted by molar-refractivity contribution is 0.214. The van der Waals surface area contributed by atoms with Crippen molar-refractivity contribution in [3.8, 4) is 0 Å². The zero-order valence-corrected chi connectivity index (χ0v) is 13.8. The summed E-state index contributed by atoms with van der Waals surface area (Å²) in [5, 5.41) is 3.65. The van der Waals surface area contributed by atoms with Crippen LogP contribution >= 0.6 is 15.9 Å². The van der Waals surface area contributed by atoms with Crippen LogP contribution in [0.1, 0.15) is 52.9 Å². The maximum absolute atomic E-state index is 4.28. The van der Waals surface area contributed by atoms with Crippen molar-refractivity contribution in [1.82, 2.24) is 4.98 Å². The molecule has 1 saturated carbocycles. The molecule has 0 aliphatic heterocycles. The minimum absolute atomic E-state index is 0.448. The highest BCUT2D eigenvalue weighted by Crippen LogP contribution is 2.37. The predicted octanol–water partition coefficient (Wildman–Crippen LogP) is 5.25. The molecule has 0 aromatic carbocycles. The van der Waals surface area contributed by atoms with Crippen LogP contribution in [-0.2, 0) is 0 Å². The topological polar surface area (TPSA) is 24.9 Å². The molecule has 1 aromatic heterocycles. The van der Waals surface area contributed by atoms with E-state index in [0.29, 0.717) is 11.5 Å². The molecule has 0 saturated heterocycles. The van der Waals surface area contributed by atoms with Gasteiger partial charge < -0.3 is 5.32 Å². The molecule has 0 bridgehead atoms. The van der Waals surface area contributed by atoms with Crippen molar-refractivity contribution in [2.24, 2.45) is 11.3 Å². The number of hydrogen-bond donors (Lipinski definition) is 1. The van der Waals surface area contributed by atoms with Crippen molar-refractivity contribution in [3.63, 3.8) is 0 Å². The molecule has 106 valence electrons. The van der Waals surface area contributed by atoms with E-state index in [4.69, 9.17) is 0 Å². The number of pyridine rings is 1. The van der Waals surface area contributed by atoms with Gasteiger partial charge in [0.25, 0.3) is 0 Å². The Bertz CT molecular complexity index is 411. The monoisotopic (exact) mass is 324 g/mol. The van der Waals surface area contributed by atoms with Crippen LogP contribution < -0.4 is 5.32 Å². The van der Waals surface area contributed by atoms with Gasteiger partial charge in [0.05, 0.1) is 5.69 Å². The van der Waals surface area contributed by atoms with E-state index < -0.39 is 0 Å². The first-order chi connectivity index (χ1) is 8.97. The van der Waals surface area contributed by atoms with Crippen LogP contribution in [0, 0.1) is 11.3 Å². The van der Waals surface area contributed by atoms with Crippen LogP contribution in [0.3, 0.4) is 0 Å². The maximum Gasteiger partial charge on any atom is 0.129 e. The molecule has 1 heterocycles. The average Bonchev–Trinajstić information content (AvgIpc) is 2.57. The van der Waals surface area contributed by atoms with Gasteiger partial charge >= 0.3 is 0 Å². The molecule has 0 radical (unpaired) electrons. The zero-order valence-electron chi connectivity index (χ0n) is 12.2. The Labute approximate surface area is 125 Å². The lowest BCUT2D eigenvalue weighted by Crippen LogP contribution is -2.21. The van der Waals surface area contributed by atoms with E-state index in [9.17, 15) is 0 Å². The van der Waals surface area contributed by atoms with Gasteiger partial charge in [-0.15, -0.1) is 0 Å². The molecule has 1 aliphatic rings. The highest BCUT2D eigenvalue weighted by atomic mass is 79.9. The Morgan fingerprint density at radius 3 is 2.68 bits per heavy atom. The summed E-state index contributed by atoms with van der Waals surface area (Å²) in [4.78, 5) is 4.28. The van der Waals surface area contributed by atoms with Crippen molar-refractivity contribution >= 4 is 21.6 Å². The highest BCUT2D eigenvalue weighted by Gasteiger charge is 2.27. The number of nitrogens with zero attached hydrogens (tertiary/aromatic N) is 1. The number of aromatic nitrogens is 1. The quantitative estimate of drug-likeness (QED) is 0.593. The van der Waals surface area contributed by atoms with Gasteiger partial charge in [0.15, 0.2) is 0 Å². The Morgan fingerprint density at radius 2 is 2.00 bits per heavy atom. The first-order valence-electron chi connectivity index (χ1n) is 7.34. The van der Waals surface area contributed by atoms with E-state index in [1.807, 2.05) is 12.3 Å². The van der Waals surface area contributed by atoms with E-state index >= 15 is 0 Å². The van der Waals surface area contributed by atoms with Gasteiger partial charge in [-0.2, -0.15) is 0 Å². The molecule has 2 nitrogen and oxygen atoms in total. The summed E-state index contributed by atoms with van der Waals surface area (Å²) in [6.45, 7) is 7.13. The van der Waals surface area contributed by atoms with Gasteiger partial charge in [0.2, 0.25) is 0 Å². The molecule has 2 unspecified atom stereocenters. The van der Waals surface area contributed by atoms with Crippen LogP contribution in [0.4, 0.5) is 5.69 Å². The number of anilines is 1. The first kappa shape index (κ1) is 14.8. The fraction of sp³-hybridized carbons (Fsp3) is 0.688. The molecule has 1 aromatic rings. The second-order valence-electron chi connectivity index (χ2n) is 6.75. The van der Waals surface area contributed by atoms with Gasteiger partial charge in [-0.25, -0.2) is 4.98 Å². The fourth-order valence-corrected chi connectivity index (χ4v) is 3.39. The molecule has 3 heteroatoms. The summed E-state index contributed by atoms with van der Waals surface area (Å²) in [6, 6.07) is 4.68. The molecule has 1 fully saturated rings. The molecule has 2 atom stereocenters. The highest BCUT2D eigenvalue weighted by molar-refractivity contribution is 9.10. The molecule has 1 N–H and O–H groups in total. The minimum atomic E-state index is 0.448. The van der Waals surface area contributed by atoms with Crippen LogP contribution in [0.5, 0.6) is 0 Å². The van der Waals surface area contributed by atoms with Crippen LogP contribution in [0.25, 0.3) is 0 Å². The Morgan fingerprint density at radius 1 is 1.21 bits per heavy atom.